The molecule has 1 amide bonds. The zero-order chi connectivity index (χ0) is 21.7. The SMILES string of the molecule is O=C1NCc2ccc3c(c21)C[C@H](N(CCCc1c[nH]c2ccc(F)cc12)CC1CC1)CO3. The molecule has 1 aliphatic carbocycles. The molecule has 0 unspecified atom stereocenters. The Bertz CT molecular complexity index is 1180. The number of benzene rings is 2. The molecular formula is C26H28FN3O2. The average molecular weight is 434 g/mol. The van der Waals surface area contributed by atoms with Gasteiger partial charge in [0.05, 0.1) is 5.56 Å². The lowest BCUT2D eigenvalue weighted by atomic mass is 9.93. The van der Waals surface area contributed by atoms with E-state index in [-0.39, 0.29) is 17.8 Å². The predicted molar refractivity (Wildman–Crippen MR) is 121 cm³/mol. The second-order valence-corrected chi connectivity index (χ2v) is 9.47. The van der Waals surface area contributed by atoms with Crippen molar-refractivity contribution in [1.29, 1.82) is 0 Å². The molecule has 1 saturated carbocycles. The van der Waals surface area contributed by atoms with Crippen molar-refractivity contribution in [1.82, 2.24) is 15.2 Å². The van der Waals surface area contributed by atoms with Gasteiger partial charge in [-0.05, 0) is 80.0 Å². The Morgan fingerprint density at radius 1 is 1.19 bits per heavy atom. The third-order valence-electron chi connectivity index (χ3n) is 7.22. The van der Waals surface area contributed by atoms with Crippen LogP contribution in [0.3, 0.4) is 0 Å². The molecule has 6 heteroatoms. The topological polar surface area (TPSA) is 57.4 Å². The van der Waals surface area contributed by atoms with E-state index in [0.29, 0.717) is 13.2 Å². The molecular weight excluding hydrogens is 405 g/mol. The highest BCUT2D eigenvalue weighted by atomic mass is 19.1. The van der Waals surface area contributed by atoms with Crippen LogP contribution in [-0.2, 0) is 19.4 Å². The number of amides is 1. The number of hydrogen-bond donors (Lipinski definition) is 2. The van der Waals surface area contributed by atoms with Gasteiger partial charge in [0.2, 0.25) is 0 Å². The molecule has 2 N–H and O–H groups in total. The van der Waals surface area contributed by atoms with Crippen molar-refractivity contribution in [3.63, 3.8) is 0 Å². The molecule has 166 valence electrons. The molecule has 0 radical (unpaired) electrons. The summed E-state index contributed by atoms with van der Waals surface area (Å²) in [5.74, 6) is 1.48. The van der Waals surface area contributed by atoms with Crippen LogP contribution in [0.2, 0.25) is 0 Å². The molecule has 0 spiro atoms. The number of H-pyrrole nitrogens is 1. The zero-order valence-corrected chi connectivity index (χ0v) is 18.1. The highest BCUT2D eigenvalue weighted by molar-refractivity contribution is 6.00. The summed E-state index contributed by atoms with van der Waals surface area (Å²) in [6, 6.07) is 9.24. The second-order valence-electron chi connectivity index (χ2n) is 9.47. The zero-order valence-electron chi connectivity index (χ0n) is 18.1. The molecule has 0 bridgehead atoms. The molecule has 2 aromatic carbocycles. The van der Waals surface area contributed by atoms with E-state index in [1.807, 2.05) is 18.3 Å². The maximum absolute atomic E-state index is 13.7. The van der Waals surface area contributed by atoms with E-state index in [2.05, 4.69) is 15.2 Å². The largest absolute Gasteiger partial charge is 0.492 e. The van der Waals surface area contributed by atoms with Crippen molar-refractivity contribution in [2.75, 3.05) is 19.7 Å². The van der Waals surface area contributed by atoms with Gasteiger partial charge in [-0.15, -0.1) is 0 Å². The quantitative estimate of drug-likeness (QED) is 0.587. The number of aromatic nitrogens is 1. The minimum Gasteiger partial charge on any atom is -0.492 e. The summed E-state index contributed by atoms with van der Waals surface area (Å²) in [5.41, 5.74) is 5.14. The van der Waals surface area contributed by atoms with Crippen LogP contribution < -0.4 is 10.1 Å². The van der Waals surface area contributed by atoms with Crippen molar-refractivity contribution < 1.29 is 13.9 Å². The molecule has 32 heavy (non-hydrogen) atoms. The van der Waals surface area contributed by atoms with Gasteiger partial charge in [0.15, 0.2) is 0 Å². The van der Waals surface area contributed by atoms with Crippen LogP contribution in [0.4, 0.5) is 4.39 Å². The first-order valence-electron chi connectivity index (χ1n) is 11.7. The number of aromatic amines is 1. The molecule has 5 nitrogen and oxygen atoms in total. The van der Waals surface area contributed by atoms with Gasteiger partial charge in [-0.3, -0.25) is 9.69 Å². The van der Waals surface area contributed by atoms with Gasteiger partial charge in [-0.2, -0.15) is 0 Å². The van der Waals surface area contributed by atoms with Crippen LogP contribution >= 0.6 is 0 Å². The first-order valence-corrected chi connectivity index (χ1v) is 11.7. The molecule has 1 fully saturated rings. The van der Waals surface area contributed by atoms with E-state index in [1.54, 1.807) is 12.1 Å². The number of rotatable bonds is 7. The summed E-state index contributed by atoms with van der Waals surface area (Å²) in [5, 5.41) is 3.93. The van der Waals surface area contributed by atoms with Crippen molar-refractivity contribution in [3.05, 3.63) is 64.6 Å². The molecule has 2 aliphatic heterocycles. The number of carbonyl (C=O) groups excluding carboxylic acids is 1. The van der Waals surface area contributed by atoms with Crippen molar-refractivity contribution >= 4 is 16.8 Å². The number of carbonyl (C=O) groups is 1. The summed E-state index contributed by atoms with van der Waals surface area (Å²) < 4.78 is 19.9. The van der Waals surface area contributed by atoms with Gasteiger partial charge < -0.3 is 15.0 Å². The lowest BCUT2D eigenvalue weighted by Gasteiger charge is -2.36. The third-order valence-corrected chi connectivity index (χ3v) is 7.22. The van der Waals surface area contributed by atoms with Gasteiger partial charge in [-0.25, -0.2) is 4.39 Å². The maximum Gasteiger partial charge on any atom is 0.252 e. The Hall–Kier alpha value is -2.86. The Morgan fingerprint density at radius 3 is 2.97 bits per heavy atom. The molecule has 1 atom stereocenters. The Labute approximate surface area is 186 Å². The fourth-order valence-corrected chi connectivity index (χ4v) is 5.31. The minimum absolute atomic E-state index is 0.0291. The molecule has 3 heterocycles. The van der Waals surface area contributed by atoms with Crippen LogP contribution in [0, 0.1) is 11.7 Å². The van der Waals surface area contributed by atoms with E-state index in [9.17, 15) is 9.18 Å². The Kier molecular flexibility index (Phi) is 4.90. The number of aryl methyl sites for hydroxylation is 1. The summed E-state index contributed by atoms with van der Waals surface area (Å²) in [4.78, 5) is 18.3. The standard InChI is InChI=1S/C26H28FN3O2/c27-19-6-7-23-21(10-19)17(12-28-23)2-1-9-30(14-16-3-4-16)20-11-22-24(32-15-20)8-5-18-13-29-26(31)25(18)22/h5-8,10,12,16,20,28H,1-4,9,11,13-15H2,(H,29,31)/t20-/m0/s1. The van der Waals surface area contributed by atoms with Gasteiger partial charge in [0, 0.05) is 41.8 Å². The molecule has 1 aromatic heterocycles. The molecule has 3 aromatic rings. The van der Waals surface area contributed by atoms with Crippen LogP contribution in [0.25, 0.3) is 10.9 Å². The Morgan fingerprint density at radius 2 is 2.09 bits per heavy atom. The highest BCUT2D eigenvalue weighted by Gasteiger charge is 2.34. The predicted octanol–water partition coefficient (Wildman–Crippen LogP) is 4.20. The van der Waals surface area contributed by atoms with Crippen LogP contribution in [-0.4, -0.2) is 41.5 Å². The van der Waals surface area contributed by atoms with Crippen molar-refractivity contribution in [2.45, 2.75) is 44.7 Å². The Balaban J connectivity index is 1.18. The number of nitrogens with one attached hydrogen (secondary N) is 2. The van der Waals surface area contributed by atoms with Crippen LogP contribution in [0.1, 0.15) is 46.3 Å². The van der Waals surface area contributed by atoms with Crippen LogP contribution in [0.5, 0.6) is 5.75 Å². The van der Waals surface area contributed by atoms with E-state index in [1.165, 1.54) is 24.5 Å². The first-order chi connectivity index (χ1) is 15.7. The lowest BCUT2D eigenvalue weighted by molar-refractivity contribution is 0.0954. The minimum atomic E-state index is -0.191. The smallest absolute Gasteiger partial charge is 0.252 e. The molecule has 0 saturated heterocycles. The van der Waals surface area contributed by atoms with Gasteiger partial charge in [0.1, 0.15) is 18.2 Å². The highest BCUT2D eigenvalue weighted by Crippen LogP contribution is 2.36. The van der Waals surface area contributed by atoms with Crippen LogP contribution in [0.15, 0.2) is 36.5 Å². The molecule has 6 rings (SSSR count). The second kappa shape index (κ2) is 7.93. The maximum atomic E-state index is 13.7. The van der Waals surface area contributed by atoms with Gasteiger partial charge in [0.25, 0.3) is 5.91 Å². The summed E-state index contributed by atoms with van der Waals surface area (Å²) in [6.45, 7) is 3.34. The number of halogens is 1. The molecule has 3 aliphatic rings. The summed E-state index contributed by atoms with van der Waals surface area (Å²) >= 11 is 0. The normalized spacial score (nSPS) is 19.7. The van der Waals surface area contributed by atoms with E-state index in [0.717, 1.165) is 71.6 Å². The van der Waals surface area contributed by atoms with Gasteiger partial charge in [-0.1, -0.05) is 6.07 Å². The van der Waals surface area contributed by atoms with Crippen molar-refractivity contribution in [3.8, 4) is 5.75 Å². The van der Waals surface area contributed by atoms with E-state index in [4.69, 9.17) is 4.74 Å². The van der Waals surface area contributed by atoms with Gasteiger partial charge >= 0.3 is 0 Å². The fourth-order valence-electron chi connectivity index (χ4n) is 5.31. The average Bonchev–Trinajstić information content (AvgIpc) is 3.42. The first kappa shape index (κ1) is 19.8. The summed E-state index contributed by atoms with van der Waals surface area (Å²) in [6.07, 6.45) is 7.40. The van der Waals surface area contributed by atoms with E-state index >= 15 is 0 Å². The number of hydrogen-bond acceptors (Lipinski definition) is 3. The lowest BCUT2D eigenvalue weighted by Crippen LogP contribution is -2.45. The summed E-state index contributed by atoms with van der Waals surface area (Å²) in [7, 11) is 0. The van der Waals surface area contributed by atoms with Crippen molar-refractivity contribution in [2.24, 2.45) is 5.92 Å². The monoisotopic (exact) mass is 433 g/mol. The fraction of sp³-hybridized carbons (Fsp3) is 0.423. The third kappa shape index (κ3) is 3.66. The number of fused-ring (bicyclic) bond motifs is 4. The number of nitrogens with zero attached hydrogens (tertiary/aromatic N) is 1. The number of ether oxygens (including phenoxy) is 1. The van der Waals surface area contributed by atoms with E-state index < -0.39 is 0 Å².